The van der Waals surface area contributed by atoms with Gasteiger partial charge in [-0.15, -0.1) is 0 Å². The van der Waals surface area contributed by atoms with Crippen LogP contribution in [0.15, 0.2) is 72.8 Å². The summed E-state index contributed by atoms with van der Waals surface area (Å²) < 4.78 is 0. The Morgan fingerprint density at radius 1 is 0.912 bits per heavy atom. The third-order valence-corrected chi connectivity index (χ3v) is 6.40. The van der Waals surface area contributed by atoms with Gasteiger partial charge in [-0.05, 0) is 61.3 Å². The highest BCUT2D eigenvalue weighted by Gasteiger charge is 2.29. The van der Waals surface area contributed by atoms with Gasteiger partial charge in [0.05, 0.1) is 22.5 Å². The molecule has 0 aromatic heterocycles. The molecular weight excluding hydrogens is 426 g/mol. The third-order valence-electron chi connectivity index (χ3n) is 6.40. The molecule has 0 radical (unpaired) electrons. The molecule has 0 spiro atoms. The number of benzene rings is 3. The maximum absolute atomic E-state index is 13.0. The second kappa shape index (κ2) is 9.53. The van der Waals surface area contributed by atoms with Gasteiger partial charge in [-0.2, -0.15) is 0 Å². The Hall–Kier alpha value is -3.90. The molecule has 1 amide bonds. The van der Waals surface area contributed by atoms with Crippen molar-refractivity contribution in [2.75, 3.05) is 23.7 Å². The first-order valence-electron chi connectivity index (χ1n) is 11.7. The van der Waals surface area contributed by atoms with Crippen molar-refractivity contribution in [2.45, 2.75) is 25.8 Å². The van der Waals surface area contributed by atoms with Crippen LogP contribution in [0.4, 0.5) is 11.4 Å². The molecular formula is C28H27N3O3. The lowest BCUT2D eigenvalue weighted by molar-refractivity contribution is -0.110. The molecule has 6 heteroatoms. The first-order chi connectivity index (χ1) is 16.6. The summed E-state index contributed by atoms with van der Waals surface area (Å²) in [4.78, 5) is 26.9. The molecule has 3 aromatic carbocycles. The first-order valence-corrected chi connectivity index (χ1v) is 11.7. The number of fused-ring (bicyclic) bond motifs is 1. The summed E-state index contributed by atoms with van der Waals surface area (Å²) >= 11 is 0. The number of hydrogen-bond donors (Lipinski definition) is 3. The number of hydrogen-bond acceptors (Lipinski definition) is 4. The highest BCUT2D eigenvalue weighted by atomic mass is 16.4. The van der Waals surface area contributed by atoms with Gasteiger partial charge in [0.1, 0.15) is 0 Å². The van der Waals surface area contributed by atoms with Gasteiger partial charge < -0.3 is 15.7 Å². The van der Waals surface area contributed by atoms with E-state index in [-0.39, 0.29) is 11.5 Å². The SMILES string of the molecule is O=C1Nc2cc(C(=O)O)ccc2/C1=C(/Nc1ccc(CN2CCCCC2)cc1)c1ccccc1. The van der Waals surface area contributed by atoms with Crippen LogP contribution >= 0.6 is 0 Å². The highest BCUT2D eigenvalue weighted by molar-refractivity contribution is 6.37. The Morgan fingerprint density at radius 3 is 2.35 bits per heavy atom. The first kappa shape index (κ1) is 21.9. The largest absolute Gasteiger partial charge is 0.478 e. The molecule has 1 fully saturated rings. The van der Waals surface area contributed by atoms with Crippen molar-refractivity contribution in [3.63, 3.8) is 0 Å². The molecule has 3 N–H and O–H groups in total. The Bertz CT molecular complexity index is 1240. The average molecular weight is 454 g/mol. The lowest BCUT2D eigenvalue weighted by atomic mass is 9.99. The van der Waals surface area contributed by atoms with E-state index in [1.54, 1.807) is 6.07 Å². The summed E-state index contributed by atoms with van der Waals surface area (Å²) in [6.45, 7) is 3.26. The maximum atomic E-state index is 13.0. The topological polar surface area (TPSA) is 81.7 Å². The summed E-state index contributed by atoms with van der Waals surface area (Å²) in [5.41, 5.74) is 5.54. The van der Waals surface area contributed by atoms with Crippen LogP contribution in [0.3, 0.4) is 0 Å². The molecule has 2 aliphatic rings. The minimum Gasteiger partial charge on any atom is -0.478 e. The van der Waals surface area contributed by atoms with Gasteiger partial charge in [-0.25, -0.2) is 4.79 Å². The maximum Gasteiger partial charge on any atom is 0.335 e. The minimum atomic E-state index is -1.03. The molecule has 1 saturated heterocycles. The van der Waals surface area contributed by atoms with Crippen LogP contribution in [0.2, 0.25) is 0 Å². The normalized spacial score (nSPS) is 17.1. The van der Waals surface area contributed by atoms with Crippen LogP contribution in [-0.2, 0) is 11.3 Å². The van der Waals surface area contributed by atoms with Crippen molar-refractivity contribution in [1.29, 1.82) is 0 Å². The third kappa shape index (κ3) is 4.58. The lowest BCUT2D eigenvalue weighted by Gasteiger charge is -2.26. The fourth-order valence-corrected chi connectivity index (χ4v) is 4.65. The smallest absolute Gasteiger partial charge is 0.335 e. The van der Waals surface area contributed by atoms with E-state index in [9.17, 15) is 14.7 Å². The van der Waals surface area contributed by atoms with Crippen LogP contribution in [0, 0.1) is 0 Å². The zero-order valence-electron chi connectivity index (χ0n) is 18.9. The Kier molecular flexibility index (Phi) is 6.14. The van der Waals surface area contributed by atoms with E-state index in [0.29, 0.717) is 22.5 Å². The monoisotopic (exact) mass is 453 g/mol. The predicted octanol–water partition coefficient (Wildman–Crippen LogP) is 5.30. The molecule has 0 aliphatic carbocycles. The Morgan fingerprint density at radius 2 is 1.65 bits per heavy atom. The van der Waals surface area contributed by atoms with Crippen LogP contribution < -0.4 is 10.6 Å². The fourth-order valence-electron chi connectivity index (χ4n) is 4.65. The number of amides is 1. The standard InChI is InChI=1S/C28H27N3O3/c32-27-25(23-14-11-21(28(33)34)17-24(23)30-27)26(20-7-3-1-4-8-20)29-22-12-9-19(10-13-22)18-31-15-5-2-6-16-31/h1,3-4,7-14,17,29H,2,5-6,15-16,18H2,(H,30,32)(H,33,34)/b26-25-. The molecule has 0 saturated carbocycles. The van der Waals surface area contributed by atoms with Crippen molar-refractivity contribution < 1.29 is 14.7 Å². The highest BCUT2D eigenvalue weighted by Crippen LogP contribution is 2.38. The fraction of sp³-hybridized carbons (Fsp3) is 0.214. The second-order valence-corrected chi connectivity index (χ2v) is 8.79. The number of anilines is 2. The van der Waals surface area contributed by atoms with Crippen molar-refractivity contribution in [2.24, 2.45) is 0 Å². The quantitative estimate of drug-likeness (QED) is 0.441. The summed E-state index contributed by atoms with van der Waals surface area (Å²) in [6, 6.07) is 22.8. The molecule has 0 atom stereocenters. The Labute approximate surface area is 198 Å². The van der Waals surface area contributed by atoms with Gasteiger partial charge in [0.2, 0.25) is 0 Å². The number of aromatic carboxylic acids is 1. The molecule has 172 valence electrons. The molecule has 34 heavy (non-hydrogen) atoms. The van der Waals surface area contributed by atoms with E-state index in [1.807, 2.05) is 42.5 Å². The summed E-state index contributed by atoms with van der Waals surface area (Å²) in [5.74, 6) is -1.29. The number of carbonyl (C=O) groups is 2. The number of carboxylic acid groups (broad SMARTS) is 1. The van der Waals surface area contributed by atoms with Gasteiger partial charge in [-0.3, -0.25) is 9.69 Å². The minimum absolute atomic E-state index is 0.138. The number of nitrogens with zero attached hydrogens (tertiary/aromatic N) is 1. The van der Waals surface area contributed by atoms with Gasteiger partial charge >= 0.3 is 5.97 Å². The molecule has 2 aliphatic heterocycles. The number of rotatable bonds is 6. The van der Waals surface area contributed by atoms with E-state index < -0.39 is 5.97 Å². The van der Waals surface area contributed by atoms with E-state index >= 15 is 0 Å². The van der Waals surface area contributed by atoms with E-state index in [0.717, 1.165) is 30.9 Å². The number of nitrogens with one attached hydrogen (secondary N) is 2. The molecule has 3 aromatic rings. The lowest BCUT2D eigenvalue weighted by Crippen LogP contribution is -2.29. The van der Waals surface area contributed by atoms with Gasteiger partial charge in [0, 0.05) is 17.8 Å². The predicted molar refractivity (Wildman–Crippen MR) is 134 cm³/mol. The number of piperidine rings is 1. The molecule has 6 nitrogen and oxygen atoms in total. The second-order valence-electron chi connectivity index (χ2n) is 8.79. The molecule has 5 rings (SSSR count). The van der Waals surface area contributed by atoms with Crippen molar-refractivity contribution in [3.05, 3.63) is 95.1 Å². The van der Waals surface area contributed by atoms with E-state index in [2.05, 4.69) is 27.7 Å². The zero-order valence-corrected chi connectivity index (χ0v) is 18.9. The van der Waals surface area contributed by atoms with Crippen LogP contribution in [0.5, 0.6) is 0 Å². The van der Waals surface area contributed by atoms with Crippen molar-refractivity contribution in [1.82, 2.24) is 4.90 Å². The number of carbonyl (C=O) groups excluding carboxylic acids is 1. The van der Waals surface area contributed by atoms with E-state index in [4.69, 9.17) is 0 Å². The summed E-state index contributed by atoms with van der Waals surface area (Å²) in [5, 5.41) is 15.6. The van der Waals surface area contributed by atoms with Gasteiger partial charge in [0.25, 0.3) is 5.91 Å². The molecule has 0 unspecified atom stereocenters. The van der Waals surface area contributed by atoms with Gasteiger partial charge in [0.15, 0.2) is 0 Å². The Balaban J connectivity index is 1.48. The molecule has 0 bridgehead atoms. The van der Waals surface area contributed by atoms with Crippen LogP contribution in [0.25, 0.3) is 11.3 Å². The zero-order chi connectivity index (χ0) is 23.5. The van der Waals surface area contributed by atoms with Crippen molar-refractivity contribution >= 4 is 34.5 Å². The summed E-state index contributed by atoms with van der Waals surface area (Å²) in [7, 11) is 0. The van der Waals surface area contributed by atoms with Crippen LogP contribution in [-0.4, -0.2) is 35.0 Å². The molecule has 2 heterocycles. The summed E-state index contributed by atoms with van der Waals surface area (Å²) in [6.07, 6.45) is 3.86. The number of likely N-dealkylation sites (tertiary alicyclic amines) is 1. The average Bonchev–Trinajstić information content (AvgIpc) is 3.19. The van der Waals surface area contributed by atoms with Crippen molar-refractivity contribution in [3.8, 4) is 0 Å². The number of carboxylic acids is 1. The van der Waals surface area contributed by atoms with Crippen LogP contribution in [0.1, 0.15) is 46.3 Å². The van der Waals surface area contributed by atoms with E-state index in [1.165, 1.54) is 37.0 Å². The van der Waals surface area contributed by atoms with Gasteiger partial charge in [-0.1, -0.05) is 55.0 Å².